The Morgan fingerprint density at radius 2 is 1.73 bits per heavy atom. The molecular formula is C20H24F2N10O9P2S2. The number of aromatic amines is 1. The highest BCUT2D eigenvalue weighted by molar-refractivity contribution is 8.33. The Morgan fingerprint density at radius 1 is 1.09 bits per heavy atom. The van der Waals surface area contributed by atoms with Gasteiger partial charge in [-0.05, 0) is 11.8 Å². The Hall–Kier alpha value is -2.82. The largest absolute Gasteiger partial charge is 0.394 e. The topological polar surface area (TPSA) is 274 Å². The predicted octanol–water partition coefficient (Wildman–Crippen LogP) is -0.310. The van der Waals surface area contributed by atoms with Crippen molar-refractivity contribution in [2.24, 2.45) is 0 Å². The molecule has 2 fully saturated rings. The van der Waals surface area contributed by atoms with E-state index in [4.69, 9.17) is 46.4 Å². The zero-order chi connectivity index (χ0) is 32.6. The molecule has 0 bridgehead atoms. The number of nitrogens with zero attached hydrogens (tertiary/aromatic N) is 7. The number of thiol groups is 1. The molecule has 0 spiro atoms. The number of aliphatic hydroxyl groups excluding tert-OH is 2. The summed E-state index contributed by atoms with van der Waals surface area (Å²) in [5.74, 6) is -0.195. The molecule has 0 aromatic carbocycles. The lowest BCUT2D eigenvalue weighted by molar-refractivity contribution is -0.0553. The van der Waals surface area contributed by atoms with Crippen LogP contribution in [0.15, 0.2) is 23.8 Å². The van der Waals surface area contributed by atoms with Crippen molar-refractivity contribution in [3.05, 3.63) is 29.3 Å². The number of aliphatic hydroxyl groups is 2. The minimum atomic E-state index is -4.34. The van der Waals surface area contributed by atoms with Gasteiger partial charge in [0.1, 0.15) is 36.3 Å². The van der Waals surface area contributed by atoms with Gasteiger partial charge in [-0.2, -0.15) is 4.98 Å². The van der Waals surface area contributed by atoms with Crippen LogP contribution < -0.4 is 17.0 Å². The van der Waals surface area contributed by atoms with Crippen LogP contribution in [0, 0.1) is 0 Å². The lowest BCUT2D eigenvalue weighted by Gasteiger charge is -2.26. The van der Waals surface area contributed by atoms with Crippen molar-refractivity contribution >= 4 is 72.5 Å². The maximum absolute atomic E-state index is 15.3. The highest BCUT2D eigenvalue weighted by Gasteiger charge is 2.51. The van der Waals surface area contributed by atoms with Gasteiger partial charge in [0.05, 0.1) is 25.9 Å². The van der Waals surface area contributed by atoms with E-state index < -0.39 is 74.7 Å². The number of fused-ring (bicyclic) bond motifs is 2. The van der Waals surface area contributed by atoms with E-state index in [0.29, 0.717) is 0 Å². The van der Waals surface area contributed by atoms with Gasteiger partial charge in [0.25, 0.3) is 5.56 Å². The third-order valence-electron chi connectivity index (χ3n) is 6.78. The SMILES string of the molecule is Nc1nc2c(ncn2[C@@H]2O[C@H](CO)[C@H](F)[C@H]2OP(O)(=S)OC[C@H]2O[C@@H](n3cnc4c(N)ncnc43)[C@@H](F)[C@@H]2O)c(=O)[nH]1.O=PS. The third-order valence-corrected chi connectivity index (χ3v) is 8.34. The molecule has 0 amide bonds. The van der Waals surface area contributed by atoms with Gasteiger partial charge in [0.15, 0.2) is 47.4 Å². The zero-order valence-electron chi connectivity index (χ0n) is 22.3. The highest BCUT2D eigenvalue weighted by atomic mass is 32.7. The molecule has 8 N–H and O–H groups in total. The van der Waals surface area contributed by atoms with Crippen LogP contribution in [-0.4, -0.2) is 104 Å². The Balaban J connectivity index is 0.00000128. The van der Waals surface area contributed by atoms with Gasteiger partial charge in [0, 0.05) is 0 Å². The molecule has 45 heavy (non-hydrogen) atoms. The molecule has 2 aliphatic rings. The first-order chi connectivity index (χ1) is 21.4. The van der Waals surface area contributed by atoms with E-state index in [9.17, 15) is 19.9 Å². The number of anilines is 2. The molecule has 19 nitrogen and oxygen atoms in total. The predicted molar refractivity (Wildman–Crippen MR) is 157 cm³/mol. The molecule has 25 heteroatoms. The van der Waals surface area contributed by atoms with Gasteiger partial charge in [-0.25, -0.2) is 28.7 Å². The van der Waals surface area contributed by atoms with Crippen LogP contribution in [0.5, 0.6) is 0 Å². The summed E-state index contributed by atoms with van der Waals surface area (Å²) in [4.78, 5) is 45.1. The van der Waals surface area contributed by atoms with Crippen LogP contribution in [0.4, 0.5) is 20.5 Å². The molecule has 0 radical (unpaired) electrons. The standard InChI is InChI=1S/C20H23F2N10O8PS.HOPS/c21-8-6(1-33)38-19(32-5-28-11-16(32)29-20(24)30-17(11)35)13(8)40-41(36,42)37-2-7-12(34)9(22)18(39-7)31-4-27-10-14(23)25-3-26-15(10)31;1-2-3/h3-9,12-13,18-19,33-34H,1-2H2,(H,36,42)(H2,23,25,26)(H3,24,29,30,35);(H,1,3)/t6-,7-,8+,9+,12-,13-,18-,19-,41?;/m1./s1. The first-order valence-electron chi connectivity index (χ1n) is 12.6. The number of imidazole rings is 2. The molecule has 4 aromatic heterocycles. The fourth-order valence-electron chi connectivity index (χ4n) is 4.78. The van der Waals surface area contributed by atoms with Gasteiger partial charge in [-0.15, -0.1) is 0 Å². The number of alkyl halides is 2. The molecule has 6 heterocycles. The molecule has 2 aliphatic heterocycles. The monoisotopic (exact) mass is 712 g/mol. The number of H-pyrrole nitrogens is 1. The average molecular weight is 713 g/mol. The molecule has 0 saturated carbocycles. The number of ether oxygens (including phenoxy) is 2. The summed E-state index contributed by atoms with van der Waals surface area (Å²) in [6.45, 7) is -5.77. The van der Waals surface area contributed by atoms with Crippen molar-refractivity contribution in [3.63, 3.8) is 0 Å². The van der Waals surface area contributed by atoms with Gasteiger partial charge in [-0.3, -0.25) is 28.0 Å². The molecule has 1 unspecified atom stereocenters. The summed E-state index contributed by atoms with van der Waals surface area (Å²) in [7, 11) is -0.139. The molecule has 6 rings (SSSR count). The van der Waals surface area contributed by atoms with E-state index >= 15 is 8.78 Å². The van der Waals surface area contributed by atoms with Gasteiger partial charge in [0.2, 0.25) is 13.6 Å². The van der Waals surface area contributed by atoms with Crippen molar-refractivity contribution in [1.29, 1.82) is 0 Å². The Morgan fingerprint density at radius 3 is 2.42 bits per heavy atom. The van der Waals surface area contributed by atoms with Crippen LogP contribution in [0.2, 0.25) is 0 Å². The van der Waals surface area contributed by atoms with Gasteiger partial charge < -0.3 is 40.6 Å². The second kappa shape index (κ2) is 13.5. The summed E-state index contributed by atoms with van der Waals surface area (Å²) in [5.41, 5.74) is 10.8. The minimum Gasteiger partial charge on any atom is -0.394 e. The average Bonchev–Trinajstić information content (AvgIpc) is 3.74. The van der Waals surface area contributed by atoms with Crippen LogP contribution in [0.1, 0.15) is 12.5 Å². The fraction of sp³-hybridized carbons (Fsp3) is 0.500. The molecule has 244 valence electrons. The molecule has 2 saturated heterocycles. The maximum Gasteiger partial charge on any atom is 0.325 e. The number of nitrogens with one attached hydrogen (secondary N) is 1. The highest BCUT2D eigenvalue weighted by Crippen LogP contribution is 2.51. The van der Waals surface area contributed by atoms with Crippen molar-refractivity contribution in [1.82, 2.24) is 39.0 Å². The van der Waals surface area contributed by atoms with Crippen molar-refractivity contribution in [3.8, 4) is 0 Å². The minimum absolute atomic E-state index is 0.0595. The molecule has 4 aromatic rings. The number of nitrogens with two attached hydrogens (primary N) is 2. The summed E-state index contributed by atoms with van der Waals surface area (Å²) >= 11 is 8.27. The Kier molecular flexibility index (Phi) is 10.1. The first-order valence-corrected chi connectivity index (χ1v) is 17.1. The third kappa shape index (κ3) is 6.56. The summed E-state index contributed by atoms with van der Waals surface area (Å²) in [6, 6.07) is 0. The number of halogens is 2. The Bertz CT molecular complexity index is 1800. The van der Waals surface area contributed by atoms with Crippen LogP contribution in [-0.2, 0) is 34.9 Å². The molecule has 9 atom stereocenters. The number of aromatic nitrogens is 8. The summed E-state index contributed by atoms with van der Waals surface area (Å²) in [6.07, 6.45) is -9.52. The van der Waals surface area contributed by atoms with E-state index in [2.05, 4.69) is 42.2 Å². The quantitative estimate of drug-likeness (QED) is 0.0911. The van der Waals surface area contributed by atoms with Crippen LogP contribution in [0.25, 0.3) is 22.3 Å². The number of rotatable bonds is 8. The van der Waals surface area contributed by atoms with E-state index in [0.717, 1.165) is 17.2 Å². The summed E-state index contributed by atoms with van der Waals surface area (Å²) < 4.78 is 63.5. The van der Waals surface area contributed by atoms with E-state index in [1.807, 2.05) is 0 Å². The lowest BCUT2D eigenvalue weighted by Crippen LogP contribution is -2.33. The van der Waals surface area contributed by atoms with Crippen LogP contribution in [0.3, 0.4) is 0 Å². The lowest BCUT2D eigenvalue weighted by atomic mass is 10.1. The van der Waals surface area contributed by atoms with Crippen molar-refractivity contribution in [2.45, 2.75) is 49.2 Å². The fourth-order valence-corrected chi connectivity index (χ4v) is 6.19. The number of hydrogen-bond acceptors (Lipinski definition) is 16. The van der Waals surface area contributed by atoms with Crippen LogP contribution >= 0.6 is 26.6 Å². The smallest absolute Gasteiger partial charge is 0.325 e. The van der Waals surface area contributed by atoms with Crippen molar-refractivity contribution in [2.75, 3.05) is 24.7 Å². The summed E-state index contributed by atoms with van der Waals surface area (Å²) in [5, 5.41) is 20.1. The van der Waals surface area contributed by atoms with E-state index in [1.165, 1.54) is 10.9 Å². The number of nitrogen functional groups attached to an aromatic ring is 2. The second-order valence-electron chi connectivity index (χ2n) is 9.47. The maximum atomic E-state index is 15.3. The van der Waals surface area contributed by atoms with E-state index in [1.54, 1.807) is 0 Å². The van der Waals surface area contributed by atoms with Gasteiger partial charge >= 0.3 is 6.72 Å². The van der Waals surface area contributed by atoms with Crippen molar-refractivity contribution < 1.29 is 47.0 Å². The zero-order valence-corrected chi connectivity index (χ0v) is 25.8. The second-order valence-corrected chi connectivity index (χ2v) is 12.9. The first kappa shape index (κ1) is 33.5. The van der Waals surface area contributed by atoms with E-state index in [-0.39, 0.29) is 41.8 Å². The molecular weight excluding hydrogens is 688 g/mol. The molecule has 0 aliphatic carbocycles. The van der Waals surface area contributed by atoms with Gasteiger partial charge in [-0.1, -0.05) is 12.2 Å². The Labute approximate surface area is 261 Å². The number of hydrogen-bond donors (Lipinski definition) is 7. The normalized spacial score (nSPS) is 29.6.